The van der Waals surface area contributed by atoms with Gasteiger partial charge in [0.25, 0.3) is 0 Å². The van der Waals surface area contributed by atoms with Crippen LogP contribution in [0.5, 0.6) is 0 Å². The van der Waals surface area contributed by atoms with E-state index in [0.29, 0.717) is 19.5 Å². The number of sulfonamides is 1. The summed E-state index contributed by atoms with van der Waals surface area (Å²) < 4.78 is 51.5. The first kappa shape index (κ1) is 16.3. The number of hydrogen-bond acceptors (Lipinski definition) is 4. The van der Waals surface area contributed by atoms with E-state index < -0.39 is 33.8 Å². The first-order chi connectivity index (χ1) is 9.76. The van der Waals surface area contributed by atoms with Crippen molar-refractivity contribution in [2.24, 2.45) is 0 Å². The summed E-state index contributed by atoms with van der Waals surface area (Å²) in [4.78, 5) is 1.75. The third-order valence-electron chi connectivity index (χ3n) is 3.46. The van der Waals surface area contributed by atoms with E-state index in [2.05, 4.69) is 4.72 Å². The molecular formula is C13H18F2N2O3S. The largest absolute Gasteiger partial charge is 0.392 e. The van der Waals surface area contributed by atoms with Gasteiger partial charge in [0.05, 0.1) is 12.4 Å². The highest BCUT2D eigenvalue weighted by molar-refractivity contribution is 7.88. The molecule has 0 spiro atoms. The fourth-order valence-electron chi connectivity index (χ4n) is 2.59. The van der Waals surface area contributed by atoms with Gasteiger partial charge in [-0.05, 0) is 24.6 Å². The molecule has 1 aromatic rings. The lowest BCUT2D eigenvalue weighted by Gasteiger charge is -2.24. The number of nitrogens with zero attached hydrogens (tertiary/aromatic N) is 1. The molecule has 0 aromatic heterocycles. The van der Waals surface area contributed by atoms with Crippen LogP contribution >= 0.6 is 0 Å². The molecule has 2 N–H and O–H groups in total. The van der Waals surface area contributed by atoms with Crippen molar-refractivity contribution < 1.29 is 22.3 Å². The van der Waals surface area contributed by atoms with Crippen LogP contribution in [-0.4, -0.2) is 50.4 Å². The SMILES string of the molecule is CS(=O)(=O)NCCN1C[C@@H](O)C[C@@H]1c1cc(F)ccc1F. The Bertz CT molecular complexity index is 609. The monoisotopic (exact) mass is 320 g/mol. The van der Waals surface area contributed by atoms with Gasteiger partial charge in [-0.15, -0.1) is 0 Å². The lowest BCUT2D eigenvalue weighted by molar-refractivity contribution is 0.176. The Morgan fingerprint density at radius 1 is 1.43 bits per heavy atom. The number of halogens is 2. The number of likely N-dealkylation sites (tertiary alicyclic amines) is 1. The Morgan fingerprint density at radius 3 is 2.81 bits per heavy atom. The van der Waals surface area contributed by atoms with E-state index in [4.69, 9.17) is 0 Å². The van der Waals surface area contributed by atoms with Gasteiger partial charge in [-0.2, -0.15) is 0 Å². The van der Waals surface area contributed by atoms with Crippen molar-refractivity contribution in [2.75, 3.05) is 25.9 Å². The molecule has 0 saturated carbocycles. The zero-order chi connectivity index (χ0) is 15.6. The smallest absolute Gasteiger partial charge is 0.208 e. The molecule has 5 nitrogen and oxygen atoms in total. The summed E-state index contributed by atoms with van der Waals surface area (Å²) in [5, 5.41) is 9.75. The van der Waals surface area contributed by atoms with Gasteiger partial charge < -0.3 is 5.11 Å². The van der Waals surface area contributed by atoms with E-state index in [-0.39, 0.29) is 12.1 Å². The number of β-amino-alcohol motifs (C(OH)–C–C–N with tert-alkyl or cyclic N) is 1. The van der Waals surface area contributed by atoms with E-state index in [1.807, 2.05) is 0 Å². The zero-order valence-electron chi connectivity index (χ0n) is 11.6. The Morgan fingerprint density at radius 2 is 2.14 bits per heavy atom. The van der Waals surface area contributed by atoms with E-state index in [1.54, 1.807) is 4.90 Å². The maximum absolute atomic E-state index is 13.8. The second-order valence-electron chi connectivity index (χ2n) is 5.23. The van der Waals surface area contributed by atoms with Gasteiger partial charge in [0.2, 0.25) is 10.0 Å². The minimum absolute atomic E-state index is 0.152. The Labute approximate surface area is 122 Å². The molecular weight excluding hydrogens is 302 g/mol. The van der Waals surface area contributed by atoms with Gasteiger partial charge in [-0.3, -0.25) is 4.90 Å². The first-order valence-corrected chi connectivity index (χ1v) is 8.47. The lowest BCUT2D eigenvalue weighted by atomic mass is 10.0. The van der Waals surface area contributed by atoms with Crippen molar-refractivity contribution in [1.29, 1.82) is 0 Å². The van der Waals surface area contributed by atoms with Crippen molar-refractivity contribution in [3.05, 3.63) is 35.4 Å². The molecule has 2 atom stereocenters. The summed E-state index contributed by atoms with van der Waals surface area (Å²) in [5.74, 6) is -1.07. The molecule has 21 heavy (non-hydrogen) atoms. The molecule has 1 aliphatic heterocycles. The molecule has 1 heterocycles. The number of benzene rings is 1. The van der Waals surface area contributed by atoms with E-state index >= 15 is 0 Å². The van der Waals surface area contributed by atoms with Crippen LogP contribution in [-0.2, 0) is 10.0 Å². The van der Waals surface area contributed by atoms with Crippen molar-refractivity contribution in [1.82, 2.24) is 9.62 Å². The van der Waals surface area contributed by atoms with E-state index in [9.17, 15) is 22.3 Å². The van der Waals surface area contributed by atoms with Crippen LogP contribution in [0.1, 0.15) is 18.0 Å². The second kappa shape index (κ2) is 6.35. The first-order valence-electron chi connectivity index (χ1n) is 6.58. The van der Waals surface area contributed by atoms with Crippen LogP contribution < -0.4 is 4.72 Å². The molecule has 1 aliphatic rings. The fourth-order valence-corrected chi connectivity index (χ4v) is 3.06. The van der Waals surface area contributed by atoms with Crippen LogP contribution in [0.2, 0.25) is 0 Å². The normalized spacial score (nSPS) is 23.6. The van der Waals surface area contributed by atoms with Gasteiger partial charge in [-0.25, -0.2) is 21.9 Å². The van der Waals surface area contributed by atoms with Crippen LogP contribution in [0.4, 0.5) is 8.78 Å². The predicted octanol–water partition coefficient (Wildman–Crippen LogP) is 0.622. The number of rotatable bonds is 5. The summed E-state index contributed by atoms with van der Waals surface area (Å²) in [6, 6.07) is 2.76. The van der Waals surface area contributed by atoms with Gasteiger partial charge in [0.15, 0.2) is 0 Å². The van der Waals surface area contributed by atoms with Gasteiger partial charge >= 0.3 is 0 Å². The maximum Gasteiger partial charge on any atom is 0.208 e. The Kier molecular flexibility index (Phi) is 4.92. The molecule has 1 saturated heterocycles. The van der Waals surface area contributed by atoms with Crippen molar-refractivity contribution in [3.63, 3.8) is 0 Å². The third-order valence-corrected chi connectivity index (χ3v) is 4.19. The predicted molar refractivity (Wildman–Crippen MR) is 74.1 cm³/mol. The van der Waals surface area contributed by atoms with Crippen molar-refractivity contribution >= 4 is 10.0 Å². The van der Waals surface area contributed by atoms with Crippen LogP contribution in [0.3, 0.4) is 0 Å². The highest BCUT2D eigenvalue weighted by Crippen LogP contribution is 2.33. The number of hydrogen-bond donors (Lipinski definition) is 2. The average Bonchev–Trinajstić information content (AvgIpc) is 2.72. The molecule has 0 radical (unpaired) electrons. The summed E-state index contributed by atoms with van der Waals surface area (Å²) in [6.07, 6.45) is 0.699. The molecule has 0 amide bonds. The minimum atomic E-state index is -3.30. The lowest BCUT2D eigenvalue weighted by Crippen LogP contribution is -2.35. The second-order valence-corrected chi connectivity index (χ2v) is 7.07. The quantitative estimate of drug-likeness (QED) is 0.834. The average molecular weight is 320 g/mol. The summed E-state index contributed by atoms with van der Waals surface area (Å²) in [6.45, 7) is 0.760. The van der Waals surface area contributed by atoms with Crippen molar-refractivity contribution in [3.8, 4) is 0 Å². The van der Waals surface area contributed by atoms with Gasteiger partial charge in [0, 0.05) is 31.2 Å². The molecule has 118 valence electrons. The molecule has 0 unspecified atom stereocenters. The standard InChI is InChI=1S/C13H18F2N2O3S/c1-21(19,20)16-4-5-17-8-10(18)7-13(17)11-6-9(14)2-3-12(11)15/h2-3,6,10,13,16,18H,4-5,7-8H2,1H3/t10-,13+/m0/s1. The topological polar surface area (TPSA) is 69.6 Å². The van der Waals surface area contributed by atoms with E-state index in [1.165, 1.54) is 0 Å². The number of aliphatic hydroxyl groups is 1. The third kappa shape index (κ3) is 4.44. The van der Waals surface area contributed by atoms with Crippen molar-refractivity contribution in [2.45, 2.75) is 18.6 Å². The van der Waals surface area contributed by atoms with E-state index in [0.717, 1.165) is 24.5 Å². The Balaban J connectivity index is 2.11. The molecule has 2 rings (SSSR count). The minimum Gasteiger partial charge on any atom is -0.392 e. The van der Waals surface area contributed by atoms with Gasteiger partial charge in [-0.1, -0.05) is 0 Å². The van der Waals surface area contributed by atoms with Crippen LogP contribution in [0, 0.1) is 11.6 Å². The fraction of sp³-hybridized carbons (Fsp3) is 0.538. The molecule has 0 aliphatic carbocycles. The number of nitrogens with one attached hydrogen (secondary N) is 1. The summed E-state index contributed by atoms with van der Waals surface area (Å²) in [5.41, 5.74) is 0.186. The Hall–Kier alpha value is -1.09. The van der Waals surface area contributed by atoms with Crippen LogP contribution in [0.25, 0.3) is 0 Å². The summed E-state index contributed by atoms with van der Waals surface area (Å²) >= 11 is 0. The van der Waals surface area contributed by atoms with Crippen LogP contribution in [0.15, 0.2) is 18.2 Å². The highest BCUT2D eigenvalue weighted by atomic mass is 32.2. The maximum atomic E-state index is 13.8. The molecule has 1 aromatic carbocycles. The zero-order valence-corrected chi connectivity index (χ0v) is 12.4. The molecule has 8 heteroatoms. The highest BCUT2D eigenvalue weighted by Gasteiger charge is 2.33. The molecule has 1 fully saturated rings. The summed E-state index contributed by atoms with van der Waals surface area (Å²) in [7, 11) is -3.30. The number of aliphatic hydroxyl groups excluding tert-OH is 1. The van der Waals surface area contributed by atoms with Gasteiger partial charge in [0.1, 0.15) is 11.6 Å². The molecule has 0 bridgehead atoms.